The van der Waals surface area contributed by atoms with Crippen LogP contribution >= 0.6 is 25.3 Å². The van der Waals surface area contributed by atoms with Crippen LogP contribution in [0.15, 0.2) is 0 Å². The molecule has 0 amide bonds. The van der Waals surface area contributed by atoms with Crippen molar-refractivity contribution in [3.8, 4) is 0 Å². The van der Waals surface area contributed by atoms with E-state index in [2.05, 4.69) is 39.1 Å². The van der Waals surface area contributed by atoms with Gasteiger partial charge in [0.15, 0.2) is 0 Å². The summed E-state index contributed by atoms with van der Waals surface area (Å²) in [5.41, 5.74) is 0.0244. The molecular formula is C11H24O2S2. The summed E-state index contributed by atoms with van der Waals surface area (Å²) in [7, 11) is 0. The van der Waals surface area contributed by atoms with Crippen LogP contribution < -0.4 is 0 Å². The van der Waals surface area contributed by atoms with E-state index >= 15 is 0 Å². The predicted molar refractivity (Wildman–Crippen MR) is 72.0 cm³/mol. The van der Waals surface area contributed by atoms with E-state index in [-0.39, 0.29) is 29.1 Å². The molecule has 0 aromatic carbocycles. The van der Waals surface area contributed by atoms with Crippen molar-refractivity contribution in [2.75, 3.05) is 13.2 Å². The zero-order chi connectivity index (χ0) is 11.9. The second-order valence-corrected chi connectivity index (χ2v) is 5.83. The molecule has 0 spiro atoms. The van der Waals surface area contributed by atoms with Gasteiger partial charge < -0.3 is 10.2 Å². The van der Waals surface area contributed by atoms with Gasteiger partial charge in [-0.05, 0) is 31.1 Å². The van der Waals surface area contributed by atoms with Crippen molar-refractivity contribution in [3.05, 3.63) is 0 Å². The highest BCUT2D eigenvalue weighted by Gasteiger charge is 2.32. The van der Waals surface area contributed by atoms with Crippen LogP contribution in [0.25, 0.3) is 0 Å². The third-order valence-electron chi connectivity index (χ3n) is 2.99. The molecule has 0 aromatic heterocycles. The summed E-state index contributed by atoms with van der Waals surface area (Å²) in [4.78, 5) is 0. The Labute approximate surface area is 104 Å². The molecule has 2 nitrogen and oxygen atoms in total. The van der Waals surface area contributed by atoms with E-state index in [1.165, 1.54) is 0 Å². The van der Waals surface area contributed by atoms with E-state index in [1.807, 2.05) is 0 Å². The molecule has 0 aliphatic heterocycles. The van der Waals surface area contributed by atoms with E-state index in [0.717, 1.165) is 25.7 Å². The van der Waals surface area contributed by atoms with Gasteiger partial charge in [-0.3, -0.25) is 0 Å². The average molecular weight is 252 g/mol. The number of hydrogen-bond acceptors (Lipinski definition) is 4. The van der Waals surface area contributed by atoms with Gasteiger partial charge in [-0.1, -0.05) is 13.8 Å². The minimum Gasteiger partial charge on any atom is -0.396 e. The first-order valence-corrected chi connectivity index (χ1v) is 6.58. The fourth-order valence-corrected chi connectivity index (χ4v) is 2.38. The van der Waals surface area contributed by atoms with Gasteiger partial charge in [-0.2, -0.15) is 25.3 Å². The lowest BCUT2D eigenvalue weighted by Gasteiger charge is -2.36. The molecule has 0 radical (unpaired) electrons. The second kappa shape index (κ2) is 7.82. The second-order valence-electron chi connectivity index (χ2n) is 4.58. The summed E-state index contributed by atoms with van der Waals surface area (Å²) in [6, 6.07) is 0. The standard InChI is InChI=1S/C11H24O2S2/c1-11(2,9(14)5-3-7-12)10(15)6-4-8-13/h9-10,12-15H,3-8H2,1-2H3. The van der Waals surface area contributed by atoms with Crippen molar-refractivity contribution in [1.29, 1.82) is 0 Å². The summed E-state index contributed by atoms with van der Waals surface area (Å²) < 4.78 is 0. The van der Waals surface area contributed by atoms with Crippen LogP contribution in [-0.2, 0) is 0 Å². The van der Waals surface area contributed by atoms with E-state index < -0.39 is 0 Å². The van der Waals surface area contributed by atoms with Gasteiger partial charge in [-0.25, -0.2) is 0 Å². The first kappa shape index (κ1) is 15.6. The predicted octanol–water partition coefficient (Wildman–Crippen LogP) is 2.15. The molecular weight excluding hydrogens is 228 g/mol. The number of aliphatic hydroxyl groups excluding tert-OH is 2. The van der Waals surface area contributed by atoms with Crippen molar-refractivity contribution in [2.24, 2.45) is 5.41 Å². The Kier molecular flexibility index (Phi) is 8.15. The summed E-state index contributed by atoms with van der Waals surface area (Å²) in [6.07, 6.45) is 3.39. The van der Waals surface area contributed by atoms with Crippen LogP contribution in [-0.4, -0.2) is 33.9 Å². The van der Waals surface area contributed by atoms with E-state index in [4.69, 9.17) is 10.2 Å². The van der Waals surface area contributed by atoms with Crippen LogP contribution in [0.1, 0.15) is 39.5 Å². The maximum atomic E-state index is 8.77. The van der Waals surface area contributed by atoms with Gasteiger partial charge in [0.1, 0.15) is 0 Å². The van der Waals surface area contributed by atoms with Gasteiger partial charge in [0.25, 0.3) is 0 Å². The van der Waals surface area contributed by atoms with Crippen LogP contribution in [0.2, 0.25) is 0 Å². The Bertz CT molecular complexity index is 147. The van der Waals surface area contributed by atoms with E-state index in [0.29, 0.717) is 0 Å². The molecule has 0 aliphatic rings. The molecule has 0 aromatic rings. The SMILES string of the molecule is CC(C)(C(S)CCCO)C(S)CCCO. The molecule has 92 valence electrons. The molecule has 0 heterocycles. The van der Waals surface area contributed by atoms with Crippen LogP contribution in [0.3, 0.4) is 0 Å². The maximum Gasteiger partial charge on any atom is 0.0431 e. The van der Waals surface area contributed by atoms with Gasteiger partial charge in [-0.15, -0.1) is 0 Å². The molecule has 2 N–H and O–H groups in total. The third-order valence-corrected chi connectivity index (χ3v) is 4.84. The van der Waals surface area contributed by atoms with Crippen molar-refractivity contribution in [3.63, 3.8) is 0 Å². The summed E-state index contributed by atoms with van der Waals surface area (Å²) in [5, 5.41) is 18.0. The highest BCUT2D eigenvalue weighted by molar-refractivity contribution is 7.82. The van der Waals surface area contributed by atoms with Crippen molar-refractivity contribution in [2.45, 2.75) is 50.0 Å². The Hall–Kier alpha value is 0.620. The first-order chi connectivity index (χ1) is 6.96. The molecule has 0 saturated heterocycles. The monoisotopic (exact) mass is 252 g/mol. The molecule has 0 aliphatic carbocycles. The minimum absolute atomic E-state index is 0.0244. The zero-order valence-electron chi connectivity index (χ0n) is 9.69. The molecule has 0 saturated carbocycles. The molecule has 15 heavy (non-hydrogen) atoms. The smallest absolute Gasteiger partial charge is 0.0431 e. The Morgan fingerprint density at radius 1 is 0.933 bits per heavy atom. The largest absolute Gasteiger partial charge is 0.396 e. The first-order valence-electron chi connectivity index (χ1n) is 5.54. The van der Waals surface area contributed by atoms with Gasteiger partial charge in [0, 0.05) is 23.7 Å². The summed E-state index contributed by atoms with van der Waals surface area (Å²) >= 11 is 9.17. The molecule has 2 unspecified atom stereocenters. The fourth-order valence-electron chi connectivity index (χ4n) is 1.54. The average Bonchev–Trinajstić information content (AvgIpc) is 2.21. The third kappa shape index (κ3) is 5.48. The van der Waals surface area contributed by atoms with Gasteiger partial charge >= 0.3 is 0 Å². The number of thiol groups is 2. The van der Waals surface area contributed by atoms with Crippen molar-refractivity contribution < 1.29 is 10.2 Å². The minimum atomic E-state index is 0.0244. The van der Waals surface area contributed by atoms with Crippen molar-refractivity contribution in [1.82, 2.24) is 0 Å². The van der Waals surface area contributed by atoms with E-state index in [9.17, 15) is 0 Å². The normalized spacial score (nSPS) is 16.4. The number of rotatable bonds is 8. The molecule has 4 heteroatoms. The Morgan fingerprint density at radius 3 is 1.53 bits per heavy atom. The van der Waals surface area contributed by atoms with Crippen LogP contribution in [0.5, 0.6) is 0 Å². The topological polar surface area (TPSA) is 40.5 Å². The van der Waals surface area contributed by atoms with Gasteiger partial charge in [0.05, 0.1) is 0 Å². The summed E-state index contributed by atoms with van der Waals surface area (Å²) in [5.74, 6) is 0. The lowest BCUT2D eigenvalue weighted by Crippen LogP contribution is -2.34. The molecule has 2 atom stereocenters. The number of hydrogen-bond donors (Lipinski definition) is 4. The summed E-state index contributed by atoms with van der Waals surface area (Å²) in [6.45, 7) is 4.75. The lowest BCUT2D eigenvalue weighted by molar-refractivity contribution is 0.247. The fraction of sp³-hybridized carbons (Fsp3) is 1.00. The van der Waals surface area contributed by atoms with Gasteiger partial charge in [0.2, 0.25) is 0 Å². The zero-order valence-corrected chi connectivity index (χ0v) is 11.5. The quantitative estimate of drug-likeness (QED) is 0.500. The van der Waals surface area contributed by atoms with E-state index in [1.54, 1.807) is 0 Å². The molecule has 0 fully saturated rings. The molecule has 0 bridgehead atoms. The van der Waals surface area contributed by atoms with Crippen molar-refractivity contribution >= 4 is 25.3 Å². The molecule has 0 rings (SSSR count). The lowest BCUT2D eigenvalue weighted by atomic mass is 9.81. The van der Waals surface area contributed by atoms with Crippen LogP contribution in [0.4, 0.5) is 0 Å². The maximum absolute atomic E-state index is 8.77. The highest BCUT2D eigenvalue weighted by Crippen LogP contribution is 2.37. The number of aliphatic hydroxyl groups is 2. The Balaban J connectivity index is 4.11. The highest BCUT2D eigenvalue weighted by atomic mass is 32.1. The Morgan fingerprint density at radius 2 is 1.27 bits per heavy atom. The van der Waals surface area contributed by atoms with Crippen LogP contribution in [0, 0.1) is 5.41 Å².